The number of nitro groups is 1. The Bertz CT molecular complexity index is 1220. The maximum Gasteiger partial charge on any atom is 0.269 e. The van der Waals surface area contributed by atoms with Gasteiger partial charge in [-0.15, -0.1) is 0 Å². The van der Waals surface area contributed by atoms with E-state index >= 15 is 0 Å². The van der Waals surface area contributed by atoms with Gasteiger partial charge < -0.3 is 10.2 Å². The molecule has 3 atom stereocenters. The molecule has 1 N–H and O–H groups in total. The van der Waals surface area contributed by atoms with E-state index in [2.05, 4.69) is 23.5 Å². The number of rotatable bonds is 5. The van der Waals surface area contributed by atoms with Gasteiger partial charge in [-0.25, -0.2) is 0 Å². The number of hydrogen-bond donors (Lipinski definition) is 1. The summed E-state index contributed by atoms with van der Waals surface area (Å²) in [4.78, 5) is 25.9. The lowest BCUT2D eigenvalue weighted by Gasteiger charge is -2.38. The summed E-state index contributed by atoms with van der Waals surface area (Å²) in [6.45, 7) is 0.529. The second kappa shape index (κ2) is 8.54. The Morgan fingerprint density at radius 3 is 2.55 bits per heavy atom. The molecular weight excluding hydrogens is 414 g/mol. The van der Waals surface area contributed by atoms with E-state index in [-0.39, 0.29) is 28.5 Å². The van der Waals surface area contributed by atoms with Gasteiger partial charge in [0.15, 0.2) is 0 Å². The molecule has 0 aromatic heterocycles. The summed E-state index contributed by atoms with van der Waals surface area (Å²) in [7, 11) is 1.82. The molecule has 1 amide bonds. The summed E-state index contributed by atoms with van der Waals surface area (Å²) in [5.41, 5.74) is 4.79. The van der Waals surface area contributed by atoms with Crippen molar-refractivity contribution in [1.29, 1.82) is 0 Å². The molecular formula is C27H25N3O3. The van der Waals surface area contributed by atoms with Crippen LogP contribution in [0.4, 0.5) is 11.4 Å². The van der Waals surface area contributed by atoms with Gasteiger partial charge in [-0.2, -0.15) is 0 Å². The van der Waals surface area contributed by atoms with E-state index in [1.165, 1.54) is 0 Å². The minimum absolute atomic E-state index is 0.0355. The number of hydrogen-bond acceptors (Lipinski definition) is 4. The third kappa shape index (κ3) is 3.89. The minimum Gasteiger partial charge on any atom is -0.377 e. The predicted octanol–water partition coefficient (Wildman–Crippen LogP) is 5.69. The molecule has 1 aliphatic carbocycles. The van der Waals surface area contributed by atoms with Crippen molar-refractivity contribution in [2.24, 2.45) is 5.92 Å². The highest BCUT2D eigenvalue weighted by molar-refractivity contribution is 6.00. The van der Waals surface area contributed by atoms with Crippen LogP contribution in [0.15, 0.2) is 84.9 Å². The van der Waals surface area contributed by atoms with E-state index in [9.17, 15) is 14.9 Å². The number of nitrogens with one attached hydrogen (secondary N) is 1. The Kier molecular flexibility index (Phi) is 5.42. The van der Waals surface area contributed by atoms with Crippen LogP contribution in [0.2, 0.25) is 0 Å². The van der Waals surface area contributed by atoms with Crippen molar-refractivity contribution >= 4 is 17.3 Å². The lowest BCUT2D eigenvalue weighted by Crippen LogP contribution is -2.32. The maximum absolute atomic E-state index is 13.5. The summed E-state index contributed by atoms with van der Waals surface area (Å²) in [5, 5.41) is 14.7. The first kappa shape index (κ1) is 20.9. The van der Waals surface area contributed by atoms with Crippen LogP contribution in [0.5, 0.6) is 0 Å². The largest absolute Gasteiger partial charge is 0.377 e. The number of benzene rings is 3. The molecule has 3 aromatic rings. The van der Waals surface area contributed by atoms with Crippen LogP contribution in [0.1, 0.15) is 45.4 Å². The molecule has 0 bridgehead atoms. The topological polar surface area (TPSA) is 75.5 Å². The number of nitro benzene ring substituents is 1. The van der Waals surface area contributed by atoms with Gasteiger partial charge in [-0.3, -0.25) is 14.9 Å². The Hall–Kier alpha value is -3.93. The molecule has 0 saturated carbocycles. The number of nitrogens with zero attached hydrogens (tertiary/aromatic N) is 2. The number of fused-ring (bicyclic) bond motifs is 3. The molecule has 0 fully saturated rings. The van der Waals surface area contributed by atoms with E-state index in [0.717, 1.165) is 28.8 Å². The van der Waals surface area contributed by atoms with Crippen LogP contribution >= 0.6 is 0 Å². The van der Waals surface area contributed by atoms with Gasteiger partial charge >= 0.3 is 0 Å². The molecule has 3 unspecified atom stereocenters. The molecule has 33 heavy (non-hydrogen) atoms. The average molecular weight is 440 g/mol. The van der Waals surface area contributed by atoms with Crippen molar-refractivity contribution in [2.75, 3.05) is 12.4 Å². The quantitative estimate of drug-likeness (QED) is 0.315. The lowest BCUT2D eigenvalue weighted by molar-refractivity contribution is -0.384. The number of anilines is 1. The Morgan fingerprint density at radius 1 is 1.06 bits per heavy atom. The fraction of sp³-hybridized carbons (Fsp3) is 0.222. The predicted molar refractivity (Wildman–Crippen MR) is 128 cm³/mol. The van der Waals surface area contributed by atoms with Gasteiger partial charge in [-0.1, -0.05) is 66.7 Å². The van der Waals surface area contributed by atoms with Crippen LogP contribution in [-0.2, 0) is 6.54 Å². The fourth-order valence-corrected chi connectivity index (χ4v) is 5.07. The normalized spacial score (nSPS) is 20.5. The molecule has 1 heterocycles. The zero-order chi connectivity index (χ0) is 22.9. The first-order chi connectivity index (χ1) is 16.0. The highest BCUT2D eigenvalue weighted by Gasteiger charge is 2.39. The standard InChI is InChI=1S/C27H25N3O3/c1-29(17-18-7-3-2-4-8-18)27(31)24-12-6-11-23-21-9-5-10-22(21)25(28-26(23)24)19-13-15-20(16-14-19)30(32)33/h2-9,11-16,21-22,25,28H,10,17H2,1H3. The summed E-state index contributed by atoms with van der Waals surface area (Å²) in [5.74, 6) is 0.464. The molecule has 6 nitrogen and oxygen atoms in total. The zero-order valence-corrected chi connectivity index (χ0v) is 18.3. The van der Waals surface area contributed by atoms with E-state index < -0.39 is 0 Å². The molecule has 3 aromatic carbocycles. The SMILES string of the molecule is CN(Cc1ccccc1)C(=O)c1cccc2c1NC(c1ccc([N+](=O)[O-])cc1)C1CC=CC21. The van der Waals surface area contributed by atoms with E-state index in [4.69, 9.17) is 0 Å². The minimum atomic E-state index is -0.382. The highest BCUT2D eigenvalue weighted by Crippen LogP contribution is 2.50. The highest BCUT2D eigenvalue weighted by atomic mass is 16.6. The molecule has 0 radical (unpaired) electrons. The van der Waals surface area contributed by atoms with E-state index in [1.54, 1.807) is 17.0 Å². The second-order valence-electron chi connectivity index (χ2n) is 8.74. The molecule has 5 rings (SSSR count). The Balaban J connectivity index is 1.48. The number of carbonyl (C=O) groups excluding carboxylic acids is 1. The van der Waals surface area contributed by atoms with Crippen LogP contribution in [-0.4, -0.2) is 22.8 Å². The van der Waals surface area contributed by atoms with Crippen LogP contribution in [0, 0.1) is 16.0 Å². The van der Waals surface area contributed by atoms with E-state index in [0.29, 0.717) is 18.0 Å². The molecule has 166 valence electrons. The van der Waals surface area contributed by atoms with Crippen molar-refractivity contribution in [1.82, 2.24) is 4.90 Å². The number of carbonyl (C=O) groups is 1. The smallest absolute Gasteiger partial charge is 0.269 e. The van der Waals surface area contributed by atoms with Crippen molar-refractivity contribution < 1.29 is 9.72 Å². The number of amides is 1. The summed E-state index contributed by atoms with van der Waals surface area (Å²) in [6.07, 6.45) is 5.34. The summed E-state index contributed by atoms with van der Waals surface area (Å²) >= 11 is 0. The summed E-state index contributed by atoms with van der Waals surface area (Å²) < 4.78 is 0. The number of allylic oxidation sites excluding steroid dienone is 2. The van der Waals surface area contributed by atoms with Gasteiger partial charge in [-0.05, 0) is 35.1 Å². The van der Waals surface area contributed by atoms with Crippen LogP contribution < -0.4 is 5.32 Å². The Labute approximate surface area is 192 Å². The van der Waals surface area contributed by atoms with Crippen molar-refractivity contribution in [3.05, 3.63) is 117 Å². The van der Waals surface area contributed by atoms with Crippen LogP contribution in [0.3, 0.4) is 0 Å². The first-order valence-electron chi connectivity index (χ1n) is 11.1. The van der Waals surface area contributed by atoms with Gasteiger partial charge in [0.05, 0.1) is 22.2 Å². The molecule has 0 spiro atoms. The zero-order valence-electron chi connectivity index (χ0n) is 18.3. The molecule has 2 aliphatic rings. The number of non-ortho nitro benzene ring substituents is 1. The number of para-hydroxylation sites is 1. The van der Waals surface area contributed by atoms with Gasteiger partial charge in [0.1, 0.15) is 0 Å². The third-order valence-electron chi connectivity index (χ3n) is 6.70. The lowest BCUT2D eigenvalue weighted by atomic mass is 9.76. The third-order valence-corrected chi connectivity index (χ3v) is 6.70. The van der Waals surface area contributed by atoms with Crippen molar-refractivity contribution in [3.8, 4) is 0 Å². The maximum atomic E-state index is 13.5. The molecule has 6 heteroatoms. The average Bonchev–Trinajstić information content (AvgIpc) is 3.34. The molecule has 0 saturated heterocycles. The van der Waals surface area contributed by atoms with E-state index in [1.807, 2.05) is 61.6 Å². The second-order valence-corrected chi connectivity index (χ2v) is 8.74. The first-order valence-corrected chi connectivity index (χ1v) is 11.1. The van der Waals surface area contributed by atoms with Gasteiger partial charge in [0, 0.05) is 31.6 Å². The summed E-state index contributed by atoms with van der Waals surface area (Å²) in [6, 6.07) is 22.6. The van der Waals surface area contributed by atoms with Crippen molar-refractivity contribution in [3.63, 3.8) is 0 Å². The monoisotopic (exact) mass is 439 g/mol. The fourth-order valence-electron chi connectivity index (χ4n) is 5.07. The van der Waals surface area contributed by atoms with Gasteiger partial charge in [0.2, 0.25) is 0 Å². The Morgan fingerprint density at radius 2 is 1.82 bits per heavy atom. The van der Waals surface area contributed by atoms with Gasteiger partial charge in [0.25, 0.3) is 11.6 Å². The van der Waals surface area contributed by atoms with Crippen LogP contribution in [0.25, 0.3) is 0 Å². The van der Waals surface area contributed by atoms with Crippen molar-refractivity contribution in [2.45, 2.75) is 24.9 Å². The molecule has 1 aliphatic heterocycles.